The normalized spacial score (nSPS) is 11.0. The minimum Gasteiger partial charge on any atom is -0.465 e. The lowest BCUT2D eigenvalue weighted by Crippen LogP contribution is -2.16. The van der Waals surface area contributed by atoms with Gasteiger partial charge in [0.2, 0.25) is 5.91 Å². The van der Waals surface area contributed by atoms with E-state index in [9.17, 15) is 14.4 Å². The highest BCUT2D eigenvalue weighted by Crippen LogP contribution is 2.23. The third-order valence-electron chi connectivity index (χ3n) is 4.32. The third-order valence-corrected chi connectivity index (χ3v) is 4.32. The Labute approximate surface area is 168 Å². The topological polar surface area (TPSA) is 84.5 Å². The summed E-state index contributed by atoms with van der Waals surface area (Å²) in [6.07, 6.45) is 1.25. The summed E-state index contributed by atoms with van der Waals surface area (Å²) in [5, 5.41) is 7.43. The Hall–Kier alpha value is -3.93. The van der Waals surface area contributed by atoms with Crippen LogP contribution < -0.4 is 10.6 Å². The van der Waals surface area contributed by atoms with E-state index in [-0.39, 0.29) is 5.57 Å². The number of hydrogen-bond acceptors (Lipinski definition) is 4. The van der Waals surface area contributed by atoms with E-state index < -0.39 is 17.8 Å². The standard InChI is InChI=1S/C23H20N2O4/c1-15(22(27)24-18-12-10-17(11-13-18)23(28)29-2)14-21(26)25-20-9-5-7-16-6-3-4-8-19(16)20/h3-14H,1-2H3,(H,24,27)(H,25,26)/b15-14+. The number of anilines is 2. The maximum atomic E-state index is 12.4. The van der Waals surface area contributed by atoms with Gasteiger partial charge in [-0.15, -0.1) is 0 Å². The van der Waals surface area contributed by atoms with Crippen LogP contribution in [0.15, 0.2) is 78.4 Å². The number of methoxy groups -OCH3 is 1. The van der Waals surface area contributed by atoms with Gasteiger partial charge in [-0.3, -0.25) is 9.59 Å². The second kappa shape index (κ2) is 8.84. The molecule has 2 N–H and O–H groups in total. The van der Waals surface area contributed by atoms with Crippen LogP contribution in [0.3, 0.4) is 0 Å². The molecule has 146 valence electrons. The number of carbonyl (C=O) groups excluding carboxylic acids is 3. The van der Waals surface area contributed by atoms with Crippen LogP contribution in [0, 0.1) is 0 Å². The van der Waals surface area contributed by atoms with E-state index in [4.69, 9.17) is 0 Å². The zero-order valence-electron chi connectivity index (χ0n) is 16.1. The van der Waals surface area contributed by atoms with Crippen LogP contribution in [0.4, 0.5) is 11.4 Å². The van der Waals surface area contributed by atoms with E-state index >= 15 is 0 Å². The summed E-state index contributed by atoms with van der Waals surface area (Å²) in [7, 11) is 1.30. The van der Waals surface area contributed by atoms with Crippen LogP contribution in [0.2, 0.25) is 0 Å². The van der Waals surface area contributed by atoms with Gasteiger partial charge in [-0.2, -0.15) is 0 Å². The summed E-state index contributed by atoms with van der Waals surface area (Å²) in [5.41, 5.74) is 1.81. The van der Waals surface area contributed by atoms with Crippen molar-refractivity contribution >= 4 is 39.9 Å². The van der Waals surface area contributed by atoms with Gasteiger partial charge in [0.1, 0.15) is 0 Å². The minimum absolute atomic E-state index is 0.250. The second-order valence-electron chi connectivity index (χ2n) is 6.37. The first kappa shape index (κ1) is 19.8. The Kier molecular flexibility index (Phi) is 6.04. The van der Waals surface area contributed by atoms with E-state index in [1.54, 1.807) is 31.2 Å². The van der Waals surface area contributed by atoms with Gasteiger partial charge in [-0.1, -0.05) is 36.4 Å². The number of benzene rings is 3. The predicted molar refractivity (Wildman–Crippen MR) is 113 cm³/mol. The largest absolute Gasteiger partial charge is 0.465 e. The summed E-state index contributed by atoms with van der Waals surface area (Å²) >= 11 is 0. The molecular formula is C23H20N2O4. The van der Waals surface area contributed by atoms with Crippen molar-refractivity contribution in [1.29, 1.82) is 0 Å². The van der Waals surface area contributed by atoms with Gasteiger partial charge in [0.15, 0.2) is 0 Å². The Bertz CT molecular complexity index is 1100. The highest BCUT2D eigenvalue weighted by atomic mass is 16.5. The lowest BCUT2D eigenvalue weighted by atomic mass is 10.1. The number of hydrogen-bond donors (Lipinski definition) is 2. The molecule has 0 aliphatic rings. The Morgan fingerprint density at radius 3 is 2.28 bits per heavy atom. The van der Waals surface area contributed by atoms with E-state index in [0.717, 1.165) is 10.8 Å². The van der Waals surface area contributed by atoms with Crippen molar-refractivity contribution in [1.82, 2.24) is 0 Å². The smallest absolute Gasteiger partial charge is 0.337 e. The van der Waals surface area contributed by atoms with Crippen LogP contribution in [0.5, 0.6) is 0 Å². The number of fused-ring (bicyclic) bond motifs is 1. The van der Waals surface area contributed by atoms with Crippen molar-refractivity contribution in [2.75, 3.05) is 17.7 Å². The van der Waals surface area contributed by atoms with Gasteiger partial charge >= 0.3 is 5.97 Å². The fraction of sp³-hybridized carbons (Fsp3) is 0.0870. The first-order chi connectivity index (χ1) is 14.0. The maximum Gasteiger partial charge on any atom is 0.337 e. The van der Waals surface area contributed by atoms with Gasteiger partial charge in [0.25, 0.3) is 5.91 Å². The first-order valence-electron chi connectivity index (χ1n) is 8.94. The number of carbonyl (C=O) groups is 3. The summed E-state index contributed by atoms with van der Waals surface area (Å²) in [6.45, 7) is 1.56. The van der Waals surface area contributed by atoms with E-state index in [2.05, 4.69) is 15.4 Å². The summed E-state index contributed by atoms with van der Waals surface area (Å²) in [4.78, 5) is 36.1. The molecule has 0 saturated carbocycles. The van der Waals surface area contributed by atoms with Gasteiger partial charge in [0, 0.05) is 28.4 Å². The molecule has 0 aromatic heterocycles. The molecule has 29 heavy (non-hydrogen) atoms. The van der Waals surface area contributed by atoms with Crippen LogP contribution in [-0.2, 0) is 14.3 Å². The molecular weight excluding hydrogens is 368 g/mol. The Morgan fingerprint density at radius 1 is 0.862 bits per heavy atom. The van der Waals surface area contributed by atoms with Crippen LogP contribution in [-0.4, -0.2) is 24.9 Å². The fourth-order valence-corrected chi connectivity index (χ4v) is 2.80. The second-order valence-corrected chi connectivity index (χ2v) is 6.37. The van der Waals surface area contributed by atoms with E-state index in [0.29, 0.717) is 16.9 Å². The van der Waals surface area contributed by atoms with Crippen molar-refractivity contribution in [3.8, 4) is 0 Å². The zero-order chi connectivity index (χ0) is 20.8. The highest BCUT2D eigenvalue weighted by molar-refractivity contribution is 6.12. The molecule has 2 amide bonds. The number of rotatable bonds is 5. The molecule has 0 saturated heterocycles. The quantitative estimate of drug-likeness (QED) is 0.508. The monoisotopic (exact) mass is 388 g/mol. The lowest BCUT2D eigenvalue weighted by molar-refractivity contribution is -0.114. The molecule has 3 aromatic rings. The zero-order valence-corrected chi connectivity index (χ0v) is 16.1. The molecule has 0 atom stereocenters. The van der Waals surface area contributed by atoms with Crippen molar-refractivity contribution < 1.29 is 19.1 Å². The molecule has 3 aromatic carbocycles. The van der Waals surface area contributed by atoms with Crippen LogP contribution >= 0.6 is 0 Å². The average Bonchev–Trinajstić information content (AvgIpc) is 2.74. The number of esters is 1. The number of ether oxygens (including phenoxy) is 1. The van der Waals surface area contributed by atoms with Gasteiger partial charge in [-0.25, -0.2) is 4.79 Å². The van der Waals surface area contributed by atoms with E-state index in [1.165, 1.54) is 13.2 Å². The lowest BCUT2D eigenvalue weighted by Gasteiger charge is -2.08. The molecule has 0 radical (unpaired) electrons. The molecule has 0 aliphatic carbocycles. The van der Waals surface area contributed by atoms with E-state index in [1.807, 2.05) is 42.5 Å². The Morgan fingerprint density at radius 2 is 1.55 bits per heavy atom. The molecule has 3 rings (SSSR count). The number of nitrogens with one attached hydrogen (secondary N) is 2. The van der Waals surface area contributed by atoms with Gasteiger partial charge in [-0.05, 0) is 42.6 Å². The fourth-order valence-electron chi connectivity index (χ4n) is 2.80. The average molecular weight is 388 g/mol. The summed E-state index contributed by atoms with van der Waals surface area (Å²) < 4.78 is 4.63. The molecule has 0 bridgehead atoms. The van der Waals surface area contributed by atoms with Crippen molar-refractivity contribution in [3.05, 3.63) is 83.9 Å². The predicted octanol–water partition coefficient (Wildman–Crippen LogP) is 4.15. The van der Waals surface area contributed by atoms with Gasteiger partial charge < -0.3 is 15.4 Å². The third kappa shape index (κ3) is 4.87. The first-order valence-corrected chi connectivity index (χ1v) is 8.94. The molecule has 0 unspecified atom stereocenters. The van der Waals surface area contributed by atoms with Crippen molar-refractivity contribution in [3.63, 3.8) is 0 Å². The van der Waals surface area contributed by atoms with Crippen molar-refractivity contribution in [2.24, 2.45) is 0 Å². The summed E-state index contributed by atoms with van der Waals surface area (Å²) in [5.74, 6) is -1.26. The summed E-state index contributed by atoms with van der Waals surface area (Å²) in [6, 6.07) is 19.6. The molecule has 6 heteroatoms. The highest BCUT2D eigenvalue weighted by Gasteiger charge is 2.10. The molecule has 0 heterocycles. The van der Waals surface area contributed by atoms with Crippen molar-refractivity contribution in [2.45, 2.75) is 6.92 Å². The minimum atomic E-state index is -0.455. The number of amides is 2. The maximum absolute atomic E-state index is 12.4. The molecule has 0 aliphatic heterocycles. The molecule has 0 spiro atoms. The Balaban J connectivity index is 1.67. The molecule has 6 nitrogen and oxygen atoms in total. The molecule has 0 fully saturated rings. The van der Waals surface area contributed by atoms with Gasteiger partial charge in [0.05, 0.1) is 12.7 Å². The van der Waals surface area contributed by atoms with Crippen LogP contribution in [0.1, 0.15) is 17.3 Å². The van der Waals surface area contributed by atoms with Crippen LogP contribution in [0.25, 0.3) is 10.8 Å². The SMILES string of the molecule is COC(=O)c1ccc(NC(=O)/C(C)=C/C(=O)Nc2cccc3ccccc23)cc1.